The summed E-state index contributed by atoms with van der Waals surface area (Å²) in [7, 11) is 0. The third-order valence-corrected chi connectivity index (χ3v) is 2.88. The molecule has 1 heterocycles. The Hall–Kier alpha value is -2.50. The molecule has 0 saturated heterocycles. The fraction of sp³-hybridized carbons (Fsp3) is 0.133. The number of ether oxygens (including phenoxy) is 1. The number of fused-ring (bicyclic) bond motifs is 1. The summed E-state index contributed by atoms with van der Waals surface area (Å²) >= 11 is 0. The van der Waals surface area contributed by atoms with E-state index in [0.29, 0.717) is 22.6 Å². The van der Waals surface area contributed by atoms with Crippen molar-refractivity contribution in [2.45, 2.75) is 13.3 Å². The van der Waals surface area contributed by atoms with Crippen LogP contribution in [-0.4, -0.2) is 11.3 Å². The Morgan fingerprint density at radius 1 is 1.05 bits per heavy atom. The summed E-state index contributed by atoms with van der Waals surface area (Å²) in [6.45, 7) is 1.94. The molecule has 3 rings (SSSR count). The summed E-state index contributed by atoms with van der Waals surface area (Å²) in [6.07, 6.45) is -4.70. The molecule has 1 aromatic heterocycles. The van der Waals surface area contributed by atoms with Crippen molar-refractivity contribution in [2.24, 2.45) is 0 Å². The molecule has 21 heavy (non-hydrogen) atoms. The summed E-state index contributed by atoms with van der Waals surface area (Å²) in [6, 6.07) is 11.0. The van der Waals surface area contributed by atoms with Gasteiger partial charge in [-0.25, -0.2) is 4.98 Å². The lowest BCUT2D eigenvalue weighted by molar-refractivity contribution is -0.274. The van der Waals surface area contributed by atoms with Gasteiger partial charge in [-0.1, -0.05) is 6.07 Å². The van der Waals surface area contributed by atoms with Crippen molar-refractivity contribution in [3.8, 4) is 17.2 Å². The molecule has 0 radical (unpaired) electrons. The van der Waals surface area contributed by atoms with Crippen molar-refractivity contribution in [3.05, 3.63) is 48.0 Å². The first kappa shape index (κ1) is 13.5. The van der Waals surface area contributed by atoms with Crippen LogP contribution in [0.5, 0.6) is 5.75 Å². The molecular formula is C15H10F3NO2. The molecule has 0 N–H and O–H groups in total. The van der Waals surface area contributed by atoms with E-state index in [1.165, 1.54) is 24.3 Å². The van der Waals surface area contributed by atoms with E-state index >= 15 is 0 Å². The number of aromatic nitrogens is 1. The second-order valence-corrected chi connectivity index (χ2v) is 4.56. The van der Waals surface area contributed by atoms with Crippen molar-refractivity contribution < 1.29 is 22.3 Å². The highest BCUT2D eigenvalue weighted by atomic mass is 19.4. The monoisotopic (exact) mass is 293 g/mol. The molecule has 6 heteroatoms. The molecular weight excluding hydrogens is 283 g/mol. The lowest BCUT2D eigenvalue weighted by atomic mass is 10.2. The molecule has 0 fully saturated rings. The van der Waals surface area contributed by atoms with Gasteiger partial charge in [0.1, 0.15) is 11.3 Å². The van der Waals surface area contributed by atoms with Crippen molar-refractivity contribution in [1.29, 1.82) is 0 Å². The summed E-state index contributed by atoms with van der Waals surface area (Å²) in [4.78, 5) is 4.30. The fourth-order valence-electron chi connectivity index (χ4n) is 1.95. The van der Waals surface area contributed by atoms with E-state index in [-0.39, 0.29) is 5.75 Å². The number of halogens is 3. The summed E-state index contributed by atoms with van der Waals surface area (Å²) in [5.74, 6) is 0.0763. The van der Waals surface area contributed by atoms with E-state index in [1.807, 2.05) is 25.1 Å². The van der Waals surface area contributed by atoms with Crippen LogP contribution in [0.4, 0.5) is 13.2 Å². The van der Waals surface area contributed by atoms with Crippen LogP contribution in [0.25, 0.3) is 22.6 Å². The number of aryl methyl sites for hydroxylation is 1. The number of rotatable bonds is 2. The first-order valence-corrected chi connectivity index (χ1v) is 6.14. The second kappa shape index (κ2) is 4.80. The molecule has 3 nitrogen and oxygen atoms in total. The number of oxazole rings is 1. The third-order valence-electron chi connectivity index (χ3n) is 2.88. The van der Waals surface area contributed by atoms with E-state index in [4.69, 9.17) is 4.42 Å². The van der Waals surface area contributed by atoms with Crippen LogP contribution in [0.1, 0.15) is 5.56 Å². The second-order valence-electron chi connectivity index (χ2n) is 4.56. The number of hydrogen-bond acceptors (Lipinski definition) is 3. The van der Waals surface area contributed by atoms with Crippen LogP contribution >= 0.6 is 0 Å². The molecule has 0 aliphatic carbocycles. The lowest BCUT2D eigenvalue weighted by Crippen LogP contribution is -2.16. The zero-order chi connectivity index (χ0) is 15.0. The maximum Gasteiger partial charge on any atom is 0.573 e. The number of nitrogens with zero attached hydrogens (tertiary/aromatic N) is 1. The Kier molecular flexibility index (Phi) is 3.08. The molecule has 2 aromatic carbocycles. The normalized spacial score (nSPS) is 11.8. The highest BCUT2D eigenvalue weighted by molar-refractivity contribution is 5.76. The Morgan fingerprint density at radius 3 is 2.43 bits per heavy atom. The van der Waals surface area contributed by atoms with E-state index in [0.717, 1.165) is 5.56 Å². The molecule has 0 aliphatic rings. The number of benzene rings is 2. The zero-order valence-corrected chi connectivity index (χ0v) is 10.9. The van der Waals surface area contributed by atoms with Gasteiger partial charge >= 0.3 is 6.36 Å². The summed E-state index contributed by atoms with van der Waals surface area (Å²) in [5, 5.41) is 0. The van der Waals surface area contributed by atoms with Crippen LogP contribution in [0.15, 0.2) is 46.9 Å². The predicted octanol–water partition coefficient (Wildman–Crippen LogP) is 4.70. The van der Waals surface area contributed by atoms with Gasteiger partial charge < -0.3 is 9.15 Å². The van der Waals surface area contributed by atoms with Crippen LogP contribution in [-0.2, 0) is 0 Å². The molecule has 108 valence electrons. The molecule has 0 spiro atoms. The van der Waals surface area contributed by atoms with Gasteiger partial charge in [0.25, 0.3) is 0 Å². The van der Waals surface area contributed by atoms with Gasteiger partial charge in [-0.2, -0.15) is 0 Å². The maximum absolute atomic E-state index is 12.1. The molecule has 0 unspecified atom stereocenters. The van der Waals surface area contributed by atoms with Gasteiger partial charge in [-0.05, 0) is 48.9 Å². The van der Waals surface area contributed by atoms with Crippen molar-refractivity contribution >= 4 is 11.1 Å². The first-order chi connectivity index (χ1) is 9.90. The Balaban J connectivity index is 1.91. The maximum atomic E-state index is 12.1. The fourth-order valence-corrected chi connectivity index (χ4v) is 1.95. The topological polar surface area (TPSA) is 35.3 Å². The average molecular weight is 293 g/mol. The Morgan fingerprint density at radius 2 is 1.76 bits per heavy atom. The highest BCUT2D eigenvalue weighted by Crippen LogP contribution is 2.28. The van der Waals surface area contributed by atoms with Crippen LogP contribution in [0.2, 0.25) is 0 Å². The molecule has 0 saturated carbocycles. The van der Waals surface area contributed by atoms with Gasteiger partial charge in [0.2, 0.25) is 5.89 Å². The third kappa shape index (κ3) is 2.99. The molecule has 0 amide bonds. The predicted molar refractivity (Wildman–Crippen MR) is 70.9 cm³/mol. The SMILES string of the molecule is Cc1ccc2nc(-c3ccc(OC(F)(F)F)cc3)oc2c1. The minimum Gasteiger partial charge on any atom is -0.436 e. The van der Waals surface area contributed by atoms with E-state index in [1.54, 1.807) is 0 Å². The van der Waals surface area contributed by atoms with Gasteiger partial charge in [0.15, 0.2) is 5.58 Å². The first-order valence-electron chi connectivity index (χ1n) is 6.14. The summed E-state index contributed by atoms with van der Waals surface area (Å²) < 4.78 is 45.7. The van der Waals surface area contributed by atoms with Gasteiger partial charge in [0, 0.05) is 5.56 Å². The standard InChI is InChI=1S/C15H10F3NO2/c1-9-2-7-12-13(8-9)20-14(19-12)10-3-5-11(6-4-10)21-15(16,17)18/h2-8H,1H3. The zero-order valence-electron chi connectivity index (χ0n) is 10.9. The van der Waals surface area contributed by atoms with Gasteiger partial charge in [-0.15, -0.1) is 13.2 Å². The summed E-state index contributed by atoms with van der Waals surface area (Å²) in [5.41, 5.74) is 2.96. The lowest BCUT2D eigenvalue weighted by Gasteiger charge is -2.08. The largest absolute Gasteiger partial charge is 0.573 e. The number of hydrogen-bond donors (Lipinski definition) is 0. The van der Waals surface area contributed by atoms with E-state index < -0.39 is 6.36 Å². The minimum absolute atomic E-state index is 0.279. The van der Waals surface area contributed by atoms with E-state index in [9.17, 15) is 13.2 Å². The van der Waals surface area contributed by atoms with Crippen molar-refractivity contribution in [1.82, 2.24) is 4.98 Å². The average Bonchev–Trinajstić information content (AvgIpc) is 2.80. The van der Waals surface area contributed by atoms with Crippen LogP contribution in [0.3, 0.4) is 0 Å². The molecule has 3 aromatic rings. The van der Waals surface area contributed by atoms with Crippen molar-refractivity contribution in [2.75, 3.05) is 0 Å². The van der Waals surface area contributed by atoms with Gasteiger partial charge in [-0.3, -0.25) is 0 Å². The van der Waals surface area contributed by atoms with Gasteiger partial charge in [0.05, 0.1) is 0 Å². The number of alkyl halides is 3. The molecule has 0 aliphatic heterocycles. The molecule has 0 atom stereocenters. The van der Waals surface area contributed by atoms with E-state index in [2.05, 4.69) is 9.72 Å². The Bertz CT molecular complexity index is 776. The quantitative estimate of drug-likeness (QED) is 0.687. The Labute approximate surface area is 118 Å². The smallest absolute Gasteiger partial charge is 0.436 e. The molecule has 0 bridgehead atoms. The van der Waals surface area contributed by atoms with Crippen LogP contribution < -0.4 is 4.74 Å². The minimum atomic E-state index is -4.70. The highest BCUT2D eigenvalue weighted by Gasteiger charge is 2.31. The van der Waals surface area contributed by atoms with Crippen molar-refractivity contribution in [3.63, 3.8) is 0 Å². The van der Waals surface area contributed by atoms with Crippen LogP contribution in [0, 0.1) is 6.92 Å².